The van der Waals surface area contributed by atoms with Crippen LogP contribution >= 0.6 is 0 Å². The Morgan fingerprint density at radius 2 is 1.60 bits per heavy atom. The van der Waals surface area contributed by atoms with Gasteiger partial charge in [0.15, 0.2) is 6.04 Å². The van der Waals surface area contributed by atoms with Crippen LogP contribution in [0.4, 0.5) is 26.3 Å². The minimum atomic E-state index is -5.01. The highest BCUT2D eigenvalue weighted by Crippen LogP contribution is 2.38. The van der Waals surface area contributed by atoms with Crippen molar-refractivity contribution >= 4 is 12.1 Å². The van der Waals surface area contributed by atoms with Gasteiger partial charge in [0.1, 0.15) is 0 Å². The van der Waals surface area contributed by atoms with Crippen molar-refractivity contribution in [3.8, 4) is 11.4 Å². The molecular weight excluding hydrogens is 418 g/mol. The molecule has 0 saturated heterocycles. The predicted molar refractivity (Wildman–Crippen MR) is 94.1 cm³/mol. The summed E-state index contributed by atoms with van der Waals surface area (Å²) in [5.74, 6) is -1.15. The van der Waals surface area contributed by atoms with Crippen LogP contribution in [0.15, 0.2) is 23.3 Å². The summed E-state index contributed by atoms with van der Waals surface area (Å²) < 4.78 is 78.0. The molecule has 1 aromatic carbocycles. The van der Waals surface area contributed by atoms with Crippen LogP contribution in [0, 0.1) is 5.41 Å². The smallest absolute Gasteiger partial charge is 0.271 e. The number of halogens is 6. The highest BCUT2D eigenvalue weighted by molar-refractivity contribution is 5.80. The van der Waals surface area contributed by atoms with Crippen molar-refractivity contribution in [1.82, 2.24) is 25.6 Å². The van der Waals surface area contributed by atoms with Crippen LogP contribution in [0.3, 0.4) is 0 Å². The molecule has 1 amide bonds. The van der Waals surface area contributed by atoms with Crippen molar-refractivity contribution in [2.45, 2.75) is 46.1 Å². The Balaban J connectivity index is 2.33. The maximum absolute atomic E-state index is 13.0. The molecule has 164 valence electrons. The number of hydrogen-bond donors (Lipinski definition) is 1. The second-order valence-electron chi connectivity index (χ2n) is 7.50. The molecule has 0 aliphatic heterocycles. The quantitative estimate of drug-likeness (QED) is 0.445. The van der Waals surface area contributed by atoms with Gasteiger partial charge in [0, 0.05) is 11.8 Å². The zero-order chi connectivity index (χ0) is 22.9. The van der Waals surface area contributed by atoms with E-state index in [4.69, 9.17) is 0 Å². The van der Waals surface area contributed by atoms with Gasteiger partial charge in [-0.25, -0.2) is 5.43 Å². The molecule has 0 aliphatic carbocycles. The SMILES string of the molecule is CC(C(=O)N/N=C\C(C)(C)C)n1nnc(-c2cc(C(F)(F)F)cc(C(F)(F)F)c2)n1. The fraction of sp³-hybridized carbons (Fsp3) is 0.471. The summed E-state index contributed by atoms with van der Waals surface area (Å²) in [6.45, 7) is 6.91. The van der Waals surface area contributed by atoms with E-state index in [0.717, 1.165) is 4.80 Å². The molecule has 0 aliphatic rings. The Hall–Kier alpha value is -2.99. The first-order valence-electron chi connectivity index (χ1n) is 8.51. The molecule has 1 aromatic heterocycles. The maximum atomic E-state index is 13.0. The van der Waals surface area contributed by atoms with E-state index in [1.54, 1.807) is 0 Å². The van der Waals surface area contributed by atoms with Crippen LogP contribution in [0.2, 0.25) is 0 Å². The molecule has 30 heavy (non-hydrogen) atoms. The Bertz CT molecular complexity index is 909. The molecule has 1 atom stereocenters. The molecule has 1 unspecified atom stereocenters. The van der Waals surface area contributed by atoms with Crippen molar-refractivity contribution < 1.29 is 31.1 Å². The van der Waals surface area contributed by atoms with E-state index in [-0.39, 0.29) is 11.5 Å². The summed E-state index contributed by atoms with van der Waals surface area (Å²) in [4.78, 5) is 12.9. The van der Waals surface area contributed by atoms with Crippen LogP contribution in [-0.4, -0.2) is 32.3 Å². The summed E-state index contributed by atoms with van der Waals surface area (Å²) >= 11 is 0. The lowest BCUT2D eigenvalue weighted by Crippen LogP contribution is -2.29. The largest absolute Gasteiger partial charge is 0.416 e. The summed E-state index contributed by atoms with van der Waals surface area (Å²) in [5.41, 5.74) is -1.60. The number of carbonyl (C=O) groups is 1. The number of tetrazole rings is 1. The van der Waals surface area contributed by atoms with E-state index in [2.05, 4.69) is 25.9 Å². The van der Waals surface area contributed by atoms with E-state index in [1.807, 2.05) is 20.8 Å². The highest BCUT2D eigenvalue weighted by Gasteiger charge is 2.37. The van der Waals surface area contributed by atoms with Gasteiger partial charge in [-0.2, -0.15) is 36.2 Å². The molecule has 0 fully saturated rings. The molecule has 2 rings (SSSR count). The monoisotopic (exact) mass is 436 g/mol. The van der Waals surface area contributed by atoms with Crippen molar-refractivity contribution in [2.24, 2.45) is 10.5 Å². The number of benzene rings is 1. The number of rotatable bonds is 4. The molecule has 0 bridgehead atoms. The van der Waals surface area contributed by atoms with Gasteiger partial charge < -0.3 is 0 Å². The maximum Gasteiger partial charge on any atom is 0.416 e. The number of hydrogen-bond acceptors (Lipinski definition) is 5. The predicted octanol–water partition coefficient (Wildman–Crippen LogP) is 4.09. The van der Waals surface area contributed by atoms with E-state index < -0.39 is 46.8 Å². The first-order chi connectivity index (χ1) is 13.6. The molecule has 1 heterocycles. The molecular formula is C17H18F6N6O. The van der Waals surface area contributed by atoms with E-state index >= 15 is 0 Å². The van der Waals surface area contributed by atoms with Crippen LogP contribution < -0.4 is 5.43 Å². The Kier molecular flexibility index (Phi) is 6.23. The average molecular weight is 436 g/mol. The number of carbonyl (C=O) groups excluding carboxylic acids is 1. The lowest BCUT2D eigenvalue weighted by molar-refractivity contribution is -0.143. The zero-order valence-corrected chi connectivity index (χ0v) is 16.3. The number of alkyl halides is 6. The standard InChI is InChI=1S/C17H18F6N6O/c1-9(14(30)26-24-8-15(2,3)4)29-27-13(25-28-29)10-5-11(16(18,19)20)7-12(6-10)17(21,22)23/h5-9H,1-4H3,(H,26,30)/b24-8-. The Morgan fingerprint density at radius 1 is 1.07 bits per heavy atom. The van der Waals surface area contributed by atoms with Crippen molar-refractivity contribution in [2.75, 3.05) is 0 Å². The second kappa shape index (κ2) is 8.03. The number of amides is 1. The van der Waals surface area contributed by atoms with E-state index in [0.29, 0.717) is 12.1 Å². The van der Waals surface area contributed by atoms with Crippen molar-refractivity contribution in [3.05, 3.63) is 29.3 Å². The highest BCUT2D eigenvalue weighted by atomic mass is 19.4. The average Bonchev–Trinajstić information content (AvgIpc) is 3.08. The summed E-state index contributed by atoms with van der Waals surface area (Å²) in [6, 6.07) is -0.113. The fourth-order valence-corrected chi connectivity index (χ4v) is 2.08. The van der Waals surface area contributed by atoms with Crippen molar-refractivity contribution in [3.63, 3.8) is 0 Å². The summed E-state index contributed by atoms with van der Waals surface area (Å²) in [7, 11) is 0. The van der Waals surface area contributed by atoms with E-state index in [1.165, 1.54) is 13.1 Å². The first-order valence-corrected chi connectivity index (χ1v) is 8.51. The summed E-state index contributed by atoms with van der Waals surface area (Å²) in [6.07, 6.45) is -8.53. The van der Waals surface area contributed by atoms with Crippen LogP contribution in [0.25, 0.3) is 11.4 Å². The topological polar surface area (TPSA) is 85.1 Å². The number of aromatic nitrogens is 4. The Morgan fingerprint density at radius 3 is 2.07 bits per heavy atom. The number of hydrazone groups is 1. The van der Waals surface area contributed by atoms with Gasteiger partial charge in [-0.1, -0.05) is 20.8 Å². The van der Waals surface area contributed by atoms with Gasteiger partial charge in [0.05, 0.1) is 11.1 Å². The first kappa shape index (κ1) is 23.3. The zero-order valence-electron chi connectivity index (χ0n) is 16.3. The van der Waals surface area contributed by atoms with Gasteiger partial charge in [-0.05, 0) is 35.8 Å². The van der Waals surface area contributed by atoms with Crippen LogP contribution in [0.1, 0.15) is 44.9 Å². The minimum Gasteiger partial charge on any atom is -0.271 e. The lowest BCUT2D eigenvalue weighted by Gasteiger charge is -2.13. The lowest BCUT2D eigenvalue weighted by atomic mass is 9.99. The normalized spacial score (nSPS) is 14.2. The molecule has 1 N–H and O–H groups in total. The van der Waals surface area contributed by atoms with Gasteiger partial charge in [0.25, 0.3) is 5.91 Å². The molecule has 0 spiro atoms. The number of nitrogens with one attached hydrogen (secondary N) is 1. The third-order valence-corrected chi connectivity index (χ3v) is 3.63. The van der Waals surface area contributed by atoms with Gasteiger partial charge >= 0.3 is 12.4 Å². The van der Waals surface area contributed by atoms with Gasteiger partial charge in [-0.3, -0.25) is 4.79 Å². The second-order valence-corrected chi connectivity index (χ2v) is 7.50. The van der Waals surface area contributed by atoms with E-state index in [9.17, 15) is 31.1 Å². The fourth-order valence-electron chi connectivity index (χ4n) is 2.08. The number of nitrogens with zero attached hydrogens (tertiary/aromatic N) is 5. The van der Waals surface area contributed by atoms with Crippen LogP contribution in [0.5, 0.6) is 0 Å². The van der Waals surface area contributed by atoms with Crippen LogP contribution in [-0.2, 0) is 17.1 Å². The molecule has 0 saturated carbocycles. The van der Waals surface area contributed by atoms with Crippen molar-refractivity contribution in [1.29, 1.82) is 0 Å². The van der Waals surface area contributed by atoms with Gasteiger partial charge in [0.2, 0.25) is 5.82 Å². The Labute approximate surface area is 167 Å². The molecule has 0 radical (unpaired) electrons. The molecule has 7 nitrogen and oxygen atoms in total. The van der Waals surface area contributed by atoms with Gasteiger partial charge in [-0.15, -0.1) is 10.2 Å². The third-order valence-electron chi connectivity index (χ3n) is 3.63. The minimum absolute atomic E-state index is 0.00276. The molecule has 2 aromatic rings. The summed E-state index contributed by atoms with van der Waals surface area (Å²) in [5, 5.41) is 14.6. The molecule has 13 heteroatoms. The third kappa shape index (κ3) is 6.00.